The van der Waals surface area contributed by atoms with E-state index >= 15 is 0 Å². The number of anilines is 3. The molecular formula is C16H15BrN6OS. The maximum Gasteiger partial charge on any atom is 0.244 e. The molecule has 0 unspecified atom stereocenters. The maximum atomic E-state index is 10.9. The number of hydrogen-bond donors (Lipinski definition) is 3. The Hall–Kier alpha value is -2.52. The minimum Gasteiger partial charge on any atom is -0.366 e. The lowest BCUT2D eigenvalue weighted by atomic mass is 10.2. The van der Waals surface area contributed by atoms with Crippen molar-refractivity contribution in [3.05, 3.63) is 47.1 Å². The number of thiazole rings is 1. The molecule has 7 nitrogen and oxygen atoms in total. The van der Waals surface area contributed by atoms with Crippen molar-refractivity contribution in [3.63, 3.8) is 0 Å². The predicted molar refractivity (Wildman–Crippen MR) is 104 cm³/mol. The van der Waals surface area contributed by atoms with E-state index in [0.717, 1.165) is 19.8 Å². The van der Waals surface area contributed by atoms with Gasteiger partial charge in [0, 0.05) is 22.8 Å². The molecule has 0 atom stereocenters. The van der Waals surface area contributed by atoms with Crippen LogP contribution in [0.2, 0.25) is 0 Å². The van der Waals surface area contributed by atoms with Gasteiger partial charge >= 0.3 is 0 Å². The molecule has 0 saturated heterocycles. The average molecular weight is 419 g/mol. The van der Waals surface area contributed by atoms with Crippen molar-refractivity contribution in [3.8, 4) is 0 Å². The molecule has 1 aromatic carbocycles. The zero-order valence-electron chi connectivity index (χ0n) is 13.1. The molecule has 2 heterocycles. The first kappa shape index (κ1) is 17.3. The number of benzene rings is 1. The van der Waals surface area contributed by atoms with Crippen molar-refractivity contribution in [2.75, 3.05) is 17.2 Å². The second kappa shape index (κ2) is 7.58. The van der Waals surface area contributed by atoms with Gasteiger partial charge in [0.2, 0.25) is 11.9 Å². The third-order valence-corrected chi connectivity index (χ3v) is 4.73. The molecular weight excluding hydrogens is 404 g/mol. The first-order chi connectivity index (χ1) is 12.0. The van der Waals surface area contributed by atoms with Gasteiger partial charge in [0.1, 0.15) is 5.82 Å². The quantitative estimate of drug-likeness (QED) is 0.507. The fourth-order valence-corrected chi connectivity index (χ4v) is 3.45. The smallest absolute Gasteiger partial charge is 0.244 e. The summed E-state index contributed by atoms with van der Waals surface area (Å²) >= 11 is 5.00. The van der Waals surface area contributed by atoms with Crippen LogP contribution in [0.3, 0.4) is 0 Å². The highest BCUT2D eigenvalue weighted by molar-refractivity contribution is 9.10. The first-order valence-corrected chi connectivity index (χ1v) is 9.00. The first-order valence-electron chi connectivity index (χ1n) is 7.39. The number of halogens is 1. The summed E-state index contributed by atoms with van der Waals surface area (Å²) in [7, 11) is 0. The van der Waals surface area contributed by atoms with E-state index in [4.69, 9.17) is 5.73 Å². The van der Waals surface area contributed by atoms with Crippen molar-refractivity contribution >= 4 is 60.3 Å². The van der Waals surface area contributed by atoms with Crippen molar-refractivity contribution < 1.29 is 4.79 Å². The SMILES string of the molecule is C=C(CCNc1nccc(Nc2nc3ccc(Br)cc3s2)n1)C(N)=O. The molecule has 0 fully saturated rings. The standard InChI is InChI=1S/C16H15BrN6OS/c1-9(14(18)24)4-6-19-15-20-7-5-13(22-15)23-16-21-11-3-2-10(17)8-12(11)25-16/h2-3,5,7-8H,1,4,6H2,(H2,18,24)(H2,19,20,21,22,23). The fourth-order valence-electron chi connectivity index (χ4n) is 2.02. The van der Waals surface area contributed by atoms with Gasteiger partial charge in [0.05, 0.1) is 10.2 Å². The molecule has 0 spiro atoms. The Morgan fingerprint density at radius 1 is 1.32 bits per heavy atom. The topological polar surface area (TPSA) is 106 Å². The van der Waals surface area contributed by atoms with Crippen LogP contribution in [-0.2, 0) is 4.79 Å². The Kier molecular flexibility index (Phi) is 5.25. The highest BCUT2D eigenvalue weighted by atomic mass is 79.9. The summed E-state index contributed by atoms with van der Waals surface area (Å²) in [4.78, 5) is 24.0. The maximum absolute atomic E-state index is 10.9. The number of carbonyl (C=O) groups excluding carboxylic acids is 1. The summed E-state index contributed by atoms with van der Waals surface area (Å²) in [5, 5.41) is 6.97. The third kappa shape index (κ3) is 4.52. The molecule has 1 amide bonds. The van der Waals surface area contributed by atoms with E-state index < -0.39 is 5.91 Å². The van der Waals surface area contributed by atoms with Crippen LogP contribution in [0.1, 0.15) is 6.42 Å². The molecule has 2 aromatic heterocycles. The summed E-state index contributed by atoms with van der Waals surface area (Å²) in [5.74, 6) is 0.580. The molecule has 25 heavy (non-hydrogen) atoms. The number of amides is 1. The van der Waals surface area contributed by atoms with E-state index in [1.54, 1.807) is 23.6 Å². The van der Waals surface area contributed by atoms with Gasteiger partial charge in [0.15, 0.2) is 5.13 Å². The van der Waals surface area contributed by atoms with Crippen LogP contribution in [0, 0.1) is 0 Å². The van der Waals surface area contributed by atoms with E-state index in [2.05, 4.69) is 48.1 Å². The van der Waals surface area contributed by atoms with Gasteiger partial charge in [-0.1, -0.05) is 33.8 Å². The molecule has 0 saturated carbocycles. The Bertz CT molecular complexity index is 941. The summed E-state index contributed by atoms with van der Waals surface area (Å²) in [6.07, 6.45) is 2.08. The Labute approximate surface area is 156 Å². The zero-order chi connectivity index (χ0) is 17.8. The number of hydrogen-bond acceptors (Lipinski definition) is 7. The lowest BCUT2D eigenvalue weighted by Crippen LogP contribution is -2.16. The molecule has 3 aromatic rings. The minimum atomic E-state index is -0.499. The van der Waals surface area contributed by atoms with Crippen molar-refractivity contribution in [2.24, 2.45) is 5.73 Å². The van der Waals surface area contributed by atoms with E-state index in [0.29, 0.717) is 30.3 Å². The van der Waals surface area contributed by atoms with Gasteiger partial charge in [-0.2, -0.15) is 4.98 Å². The lowest BCUT2D eigenvalue weighted by Gasteiger charge is -2.07. The van der Waals surface area contributed by atoms with E-state index in [1.165, 1.54) is 0 Å². The second-order valence-electron chi connectivity index (χ2n) is 5.17. The van der Waals surface area contributed by atoms with E-state index in [9.17, 15) is 4.79 Å². The summed E-state index contributed by atoms with van der Waals surface area (Å²) < 4.78 is 2.09. The van der Waals surface area contributed by atoms with Crippen LogP contribution in [0.5, 0.6) is 0 Å². The molecule has 0 aliphatic carbocycles. The molecule has 0 aliphatic heterocycles. The predicted octanol–water partition coefficient (Wildman–Crippen LogP) is 3.44. The van der Waals surface area contributed by atoms with Gasteiger partial charge in [-0.25, -0.2) is 9.97 Å². The minimum absolute atomic E-state index is 0.363. The van der Waals surface area contributed by atoms with E-state index in [-0.39, 0.29) is 0 Å². The molecule has 128 valence electrons. The van der Waals surface area contributed by atoms with Crippen molar-refractivity contribution in [1.82, 2.24) is 15.0 Å². The Morgan fingerprint density at radius 3 is 2.96 bits per heavy atom. The molecule has 4 N–H and O–H groups in total. The number of nitrogens with zero attached hydrogens (tertiary/aromatic N) is 3. The fraction of sp³-hybridized carbons (Fsp3) is 0.125. The van der Waals surface area contributed by atoms with Crippen molar-refractivity contribution in [2.45, 2.75) is 6.42 Å². The van der Waals surface area contributed by atoms with Gasteiger partial charge in [-0.05, 0) is 30.7 Å². The number of carbonyl (C=O) groups is 1. The molecule has 3 rings (SSSR count). The number of primary amides is 1. The highest BCUT2D eigenvalue weighted by Crippen LogP contribution is 2.29. The molecule has 0 bridgehead atoms. The Morgan fingerprint density at radius 2 is 2.16 bits per heavy atom. The largest absolute Gasteiger partial charge is 0.366 e. The zero-order valence-corrected chi connectivity index (χ0v) is 15.5. The monoisotopic (exact) mass is 418 g/mol. The number of nitrogens with two attached hydrogens (primary N) is 1. The lowest BCUT2D eigenvalue weighted by molar-refractivity contribution is -0.114. The molecule has 0 radical (unpaired) electrons. The normalized spacial score (nSPS) is 10.6. The van der Waals surface area contributed by atoms with Crippen LogP contribution < -0.4 is 16.4 Å². The summed E-state index contributed by atoms with van der Waals surface area (Å²) in [5.41, 5.74) is 6.44. The number of fused-ring (bicyclic) bond motifs is 1. The van der Waals surface area contributed by atoms with Crippen LogP contribution >= 0.6 is 27.3 Å². The van der Waals surface area contributed by atoms with Gasteiger partial charge in [0.25, 0.3) is 0 Å². The van der Waals surface area contributed by atoms with Crippen LogP contribution in [-0.4, -0.2) is 27.4 Å². The van der Waals surface area contributed by atoms with Crippen molar-refractivity contribution in [1.29, 1.82) is 0 Å². The number of nitrogens with one attached hydrogen (secondary N) is 2. The highest BCUT2D eigenvalue weighted by Gasteiger charge is 2.07. The third-order valence-electron chi connectivity index (χ3n) is 3.30. The van der Waals surface area contributed by atoms with Gasteiger partial charge in [-0.15, -0.1) is 0 Å². The summed E-state index contributed by atoms with van der Waals surface area (Å²) in [6.45, 7) is 4.08. The van der Waals surface area contributed by atoms with E-state index in [1.807, 2.05) is 18.2 Å². The Balaban J connectivity index is 1.66. The van der Waals surface area contributed by atoms with Crippen LogP contribution in [0.25, 0.3) is 10.2 Å². The van der Waals surface area contributed by atoms with Crippen LogP contribution in [0.15, 0.2) is 47.1 Å². The average Bonchev–Trinajstić information content (AvgIpc) is 2.96. The second-order valence-corrected chi connectivity index (χ2v) is 7.11. The van der Waals surface area contributed by atoms with Crippen LogP contribution in [0.4, 0.5) is 16.9 Å². The van der Waals surface area contributed by atoms with Gasteiger partial charge in [-0.3, -0.25) is 4.79 Å². The summed E-state index contributed by atoms with van der Waals surface area (Å²) in [6, 6.07) is 7.70. The number of rotatable bonds is 7. The molecule has 9 heteroatoms. The van der Waals surface area contributed by atoms with Gasteiger partial charge < -0.3 is 16.4 Å². The number of aromatic nitrogens is 3. The molecule has 0 aliphatic rings.